The van der Waals surface area contributed by atoms with E-state index in [1.807, 2.05) is 0 Å². The van der Waals surface area contributed by atoms with Gasteiger partial charge in [0.05, 0.1) is 0 Å². The molecule has 0 saturated heterocycles. The Hall–Kier alpha value is -0.120. The van der Waals surface area contributed by atoms with Gasteiger partial charge in [0.1, 0.15) is 0 Å². The Morgan fingerprint density at radius 2 is 2.13 bits per heavy atom. The van der Waals surface area contributed by atoms with Gasteiger partial charge in [0, 0.05) is 32.3 Å². The number of nitrogens with two attached hydrogens (primary N) is 1. The summed E-state index contributed by atoms with van der Waals surface area (Å²) in [7, 11) is 1.78. The van der Waals surface area contributed by atoms with Crippen molar-refractivity contribution in [1.82, 2.24) is 5.32 Å². The minimum Gasteiger partial charge on any atom is -0.385 e. The molecule has 3 nitrogen and oxygen atoms in total. The molecule has 0 aromatic heterocycles. The van der Waals surface area contributed by atoms with Crippen LogP contribution in [0.2, 0.25) is 0 Å². The summed E-state index contributed by atoms with van der Waals surface area (Å²) in [6, 6.07) is 0. The zero-order valence-electron chi connectivity index (χ0n) is 10.4. The third-order valence-corrected chi connectivity index (χ3v) is 3.63. The van der Waals surface area contributed by atoms with Crippen LogP contribution in [0.15, 0.2) is 0 Å². The van der Waals surface area contributed by atoms with Crippen LogP contribution in [-0.2, 0) is 4.74 Å². The SMILES string of the molecule is CCC(C)(N)CNCC1(CCOC)CC1. The van der Waals surface area contributed by atoms with Crippen molar-refractivity contribution in [3.63, 3.8) is 0 Å². The van der Waals surface area contributed by atoms with Gasteiger partial charge in [-0.3, -0.25) is 0 Å². The monoisotopic (exact) mass is 214 g/mol. The fourth-order valence-electron chi connectivity index (χ4n) is 1.75. The smallest absolute Gasteiger partial charge is 0.0468 e. The Labute approximate surface area is 93.8 Å². The lowest BCUT2D eigenvalue weighted by molar-refractivity contribution is 0.170. The largest absolute Gasteiger partial charge is 0.385 e. The van der Waals surface area contributed by atoms with Crippen molar-refractivity contribution < 1.29 is 4.74 Å². The maximum absolute atomic E-state index is 6.08. The molecule has 15 heavy (non-hydrogen) atoms. The number of hydrogen-bond donors (Lipinski definition) is 2. The lowest BCUT2D eigenvalue weighted by Crippen LogP contribution is -2.46. The first kappa shape index (κ1) is 12.9. The minimum atomic E-state index is -0.0582. The molecule has 3 heteroatoms. The van der Waals surface area contributed by atoms with E-state index in [4.69, 9.17) is 10.5 Å². The molecule has 0 aromatic carbocycles. The number of hydrogen-bond acceptors (Lipinski definition) is 3. The average Bonchev–Trinajstić information content (AvgIpc) is 2.96. The standard InChI is InChI=1S/C12H26N2O/c1-4-11(2,13)9-14-10-12(5-6-12)7-8-15-3/h14H,4-10,13H2,1-3H3. The van der Waals surface area contributed by atoms with Crippen molar-refractivity contribution in [3.05, 3.63) is 0 Å². The van der Waals surface area contributed by atoms with E-state index < -0.39 is 0 Å². The quantitative estimate of drug-likeness (QED) is 0.644. The highest BCUT2D eigenvalue weighted by Crippen LogP contribution is 2.48. The van der Waals surface area contributed by atoms with Gasteiger partial charge in [0.25, 0.3) is 0 Å². The van der Waals surface area contributed by atoms with Crippen molar-refractivity contribution in [2.75, 3.05) is 26.8 Å². The molecule has 90 valence electrons. The topological polar surface area (TPSA) is 47.3 Å². The van der Waals surface area contributed by atoms with Gasteiger partial charge in [-0.15, -0.1) is 0 Å². The lowest BCUT2D eigenvalue weighted by atomic mass is 9.99. The van der Waals surface area contributed by atoms with Crippen LogP contribution in [0.25, 0.3) is 0 Å². The van der Waals surface area contributed by atoms with Crippen molar-refractivity contribution in [3.8, 4) is 0 Å². The fraction of sp³-hybridized carbons (Fsp3) is 1.00. The zero-order valence-corrected chi connectivity index (χ0v) is 10.4. The van der Waals surface area contributed by atoms with Crippen LogP contribution in [0, 0.1) is 5.41 Å². The van der Waals surface area contributed by atoms with Gasteiger partial charge >= 0.3 is 0 Å². The van der Waals surface area contributed by atoms with Gasteiger partial charge in [-0.1, -0.05) is 6.92 Å². The van der Waals surface area contributed by atoms with Crippen LogP contribution in [-0.4, -0.2) is 32.3 Å². The van der Waals surface area contributed by atoms with Crippen LogP contribution >= 0.6 is 0 Å². The van der Waals surface area contributed by atoms with E-state index in [1.165, 1.54) is 19.3 Å². The predicted octanol–water partition coefficient (Wildman–Crippen LogP) is 1.52. The molecule has 1 rings (SSSR count). The van der Waals surface area contributed by atoms with Crippen LogP contribution in [0.5, 0.6) is 0 Å². The predicted molar refractivity (Wildman–Crippen MR) is 63.9 cm³/mol. The van der Waals surface area contributed by atoms with E-state index in [0.29, 0.717) is 5.41 Å². The molecule has 1 unspecified atom stereocenters. The second kappa shape index (κ2) is 5.28. The molecule has 0 amide bonds. The van der Waals surface area contributed by atoms with Crippen molar-refractivity contribution in [1.29, 1.82) is 0 Å². The van der Waals surface area contributed by atoms with Gasteiger partial charge < -0.3 is 15.8 Å². The maximum Gasteiger partial charge on any atom is 0.0468 e. The van der Waals surface area contributed by atoms with Gasteiger partial charge in [0.2, 0.25) is 0 Å². The average molecular weight is 214 g/mol. The molecule has 0 radical (unpaired) electrons. The van der Waals surface area contributed by atoms with Gasteiger partial charge in [0.15, 0.2) is 0 Å². The fourth-order valence-corrected chi connectivity index (χ4v) is 1.75. The normalized spacial score (nSPS) is 22.4. The summed E-state index contributed by atoms with van der Waals surface area (Å²) < 4.78 is 5.13. The van der Waals surface area contributed by atoms with E-state index >= 15 is 0 Å². The number of rotatable bonds is 8. The van der Waals surface area contributed by atoms with E-state index in [0.717, 1.165) is 26.1 Å². The van der Waals surface area contributed by atoms with Crippen LogP contribution in [0.3, 0.4) is 0 Å². The van der Waals surface area contributed by atoms with Crippen LogP contribution in [0.1, 0.15) is 39.5 Å². The highest BCUT2D eigenvalue weighted by atomic mass is 16.5. The third kappa shape index (κ3) is 4.49. The van der Waals surface area contributed by atoms with Gasteiger partial charge in [-0.05, 0) is 38.0 Å². The highest BCUT2D eigenvalue weighted by molar-refractivity contribution is 4.95. The zero-order chi connectivity index (χ0) is 11.4. The molecule has 1 saturated carbocycles. The molecule has 1 aliphatic rings. The molecule has 1 fully saturated rings. The molecule has 0 spiro atoms. The molecule has 3 N–H and O–H groups in total. The number of methoxy groups -OCH3 is 1. The Balaban J connectivity index is 2.14. The van der Waals surface area contributed by atoms with Gasteiger partial charge in [-0.25, -0.2) is 0 Å². The summed E-state index contributed by atoms with van der Waals surface area (Å²) in [5.74, 6) is 0. The van der Waals surface area contributed by atoms with E-state index in [9.17, 15) is 0 Å². The third-order valence-electron chi connectivity index (χ3n) is 3.63. The summed E-state index contributed by atoms with van der Waals surface area (Å²) in [5, 5.41) is 3.51. The molecule has 0 aliphatic heterocycles. The molecular formula is C12H26N2O. The first-order valence-electron chi connectivity index (χ1n) is 6.02. The van der Waals surface area contributed by atoms with E-state index in [2.05, 4.69) is 19.2 Å². The lowest BCUT2D eigenvalue weighted by Gasteiger charge is -2.25. The molecule has 0 heterocycles. The summed E-state index contributed by atoms with van der Waals surface area (Å²) in [4.78, 5) is 0. The van der Waals surface area contributed by atoms with E-state index in [-0.39, 0.29) is 5.54 Å². The molecule has 0 bridgehead atoms. The maximum atomic E-state index is 6.08. The van der Waals surface area contributed by atoms with Crippen molar-refractivity contribution in [2.45, 2.75) is 45.1 Å². The second-order valence-corrected chi connectivity index (χ2v) is 5.35. The second-order valence-electron chi connectivity index (χ2n) is 5.35. The van der Waals surface area contributed by atoms with Crippen LogP contribution < -0.4 is 11.1 Å². The summed E-state index contributed by atoms with van der Waals surface area (Å²) >= 11 is 0. The first-order chi connectivity index (χ1) is 7.04. The van der Waals surface area contributed by atoms with Crippen molar-refractivity contribution in [2.24, 2.45) is 11.1 Å². The summed E-state index contributed by atoms with van der Waals surface area (Å²) in [6.07, 6.45) is 4.89. The Kier molecular flexibility index (Phi) is 4.56. The van der Waals surface area contributed by atoms with E-state index in [1.54, 1.807) is 7.11 Å². The Bertz CT molecular complexity index is 188. The Morgan fingerprint density at radius 3 is 2.60 bits per heavy atom. The number of ether oxygens (including phenoxy) is 1. The van der Waals surface area contributed by atoms with Crippen molar-refractivity contribution >= 4 is 0 Å². The molecular weight excluding hydrogens is 188 g/mol. The number of nitrogens with one attached hydrogen (secondary N) is 1. The first-order valence-corrected chi connectivity index (χ1v) is 6.02. The van der Waals surface area contributed by atoms with Crippen LogP contribution in [0.4, 0.5) is 0 Å². The minimum absolute atomic E-state index is 0.0582. The molecule has 1 atom stereocenters. The Morgan fingerprint density at radius 1 is 1.47 bits per heavy atom. The summed E-state index contributed by atoms with van der Waals surface area (Å²) in [5.41, 5.74) is 6.55. The summed E-state index contributed by atoms with van der Waals surface area (Å²) in [6.45, 7) is 7.14. The molecule has 1 aliphatic carbocycles. The van der Waals surface area contributed by atoms with Gasteiger partial charge in [-0.2, -0.15) is 0 Å². The molecule has 0 aromatic rings. The highest BCUT2D eigenvalue weighted by Gasteiger charge is 2.41.